The van der Waals surface area contributed by atoms with E-state index in [2.05, 4.69) is 5.32 Å². The molecular formula is C10H12F2N2O. The highest BCUT2D eigenvalue weighted by atomic mass is 19.1. The van der Waals surface area contributed by atoms with Gasteiger partial charge in [0.15, 0.2) is 0 Å². The summed E-state index contributed by atoms with van der Waals surface area (Å²) in [5.41, 5.74) is 5.35. The number of nitrogens with two attached hydrogens (primary N) is 1. The summed E-state index contributed by atoms with van der Waals surface area (Å²) in [6.45, 7) is 0.680. The van der Waals surface area contributed by atoms with E-state index in [1.54, 1.807) is 0 Å². The third-order valence-corrected chi connectivity index (χ3v) is 1.83. The third-order valence-electron chi connectivity index (χ3n) is 1.83. The highest BCUT2D eigenvalue weighted by Gasteiger charge is 2.08. The van der Waals surface area contributed by atoms with Crippen molar-refractivity contribution in [2.75, 3.05) is 13.1 Å². The van der Waals surface area contributed by atoms with Gasteiger partial charge < -0.3 is 11.1 Å². The molecule has 0 aromatic heterocycles. The molecule has 0 radical (unpaired) electrons. The molecule has 0 heterocycles. The van der Waals surface area contributed by atoms with Crippen molar-refractivity contribution in [2.45, 2.75) is 6.42 Å². The van der Waals surface area contributed by atoms with E-state index in [-0.39, 0.29) is 17.9 Å². The second kappa shape index (κ2) is 5.41. The number of nitrogens with one attached hydrogen (secondary N) is 1. The SMILES string of the molecule is NCCNC(=O)Cc1ccc(F)cc1F. The first-order valence-corrected chi connectivity index (χ1v) is 4.54. The van der Waals surface area contributed by atoms with Crippen LogP contribution in [0.25, 0.3) is 0 Å². The number of amides is 1. The molecule has 0 aliphatic heterocycles. The van der Waals surface area contributed by atoms with Crippen LogP contribution in [0.4, 0.5) is 8.78 Å². The Balaban J connectivity index is 2.60. The minimum atomic E-state index is -0.710. The third kappa shape index (κ3) is 3.63. The second-order valence-corrected chi connectivity index (χ2v) is 3.05. The Bertz CT molecular complexity index is 355. The van der Waals surface area contributed by atoms with E-state index < -0.39 is 11.6 Å². The maximum absolute atomic E-state index is 13.1. The molecule has 1 aromatic carbocycles. The van der Waals surface area contributed by atoms with Crippen LogP contribution in [0.2, 0.25) is 0 Å². The van der Waals surface area contributed by atoms with E-state index in [0.717, 1.165) is 12.1 Å². The Labute approximate surface area is 86.3 Å². The zero-order valence-electron chi connectivity index (χ0n) is 8.09. The van der Waals surface area contributed by atoms with Gasteiger partial charge in [0, 0.05) is 19.2 Å². The first kappa shape index (κ1) is 11.6. The summed E-state index contributed by atoms with van der Waals surface area (Å²) in [6, 6.07) is 3.13. The van der Waals surface area contributed by atoms with Gasteiger partial charge in [0.05, 0.1) is 6.42 Å². The first-order chi connectivity index (χ1) is 7.13. The molecule has 0 fully saturated rings. The molecule has 0 unspecified atom stereocenters. The normalized spacial score (nSPS) is 10.1. The van der Waals surface area contributed by atoms with Crippen molar-refractivity contribution < 1.29 is 13.6 Å². The number of carbonyl (C=O) groups excluding carboxylic acids is 1. The molecule has 0 saturated heterocycles. The van der Waals surface area contributed by atoms with Crippen molar-refractivity contribution in [3.63, 3.8) is 0 Å². The maximum Gasteiger partial charge on any atom is 0.224 e. The monoisotopic (exact) mass is 214 g/mol. The Morgan fingerprint density at radius 2 is 2.13 bits per heavy atom. The van der Waals surface area contributed by atoms with Crippen molar-refractivity contribution in [2.24, 2.45) is 5.73 Å². The highest BCUT2D eigenvalue weighted by Crippen LogP contribution is 2.09. The summed E-state index contributed by atoms with van der Waals surface area (Å²) in [6.07, 6.45) is -0.105. The van der Waals surface area contributed by atoms with Gasteiger partial charge in [-0.05, 0) is 11.6 Å². The van der Waals surface area contributed by atoms with Crippen LogP contribution in [0.3, 0.4) is 0 Å². The van der Waals surface area contributed by atoms with E-state index in [0.29, 0.717) is 13.1 Å². The summed E-state index contributed by atoms with van der Waals surface area (Å²) < 4.78 is 25.6. The predicted octanol–water partition coefficient (Wildman–Crippen LogP) is 0.582. The van der Waals surface area contributed by atoms with Gasteiger partial charge in [0.25, 0.3) is 0 Å². The molecule has 1 aromatic rings. The lowest BCUT2D eigenvalue weighted by Gasteiger charge is -2.04. The quantitative estimate of drug-likeness (QED) is 0.770. The van der Waals surface area contributed by atoms with Gasteiger partial charge in [0.2, 0.25) is 5.91 Å². The van der Waals surface area contributed by atoms with Crippen LogP contribution >= 0.6 is 0 Å². The van der Waals surface area contributed by atoms with Crippen molar-refractivity contribution >= 4 is 5.91 Å². The van der Waals surface area contributed by atoms with E-state index in [1.165, 1.54) is 6.07 Å². The topological polar surface area (TPSA) is 55.1 Å². The standard InChI is InChI=1S/C10H12F2N2O/c11-8-2-1-7(9(12)6-8)5-10(15)14-4-3-13/h1-2,6H,3-5,13H2,(H,14,15). The average molecular weight is 214 g/mol. The number of hydrogen-bond acceptors (Lipinski definition) is 2. The van der Waals surface area contributed by atoms with Crippen LogP contribution in [0.15, 0.2) is 18.2 Å². The fraction of sp³-hybridized carbons (Fsp3) is 0.300. The Kier molecular flexibility index (Phi) is 4.17. The fourth-order valence-electron chi connectivity index (χ4n) is 1.11. The van der Waals surface area contributed by atoms with Crippen molar-refractivity contribution in [3.05, 3.63) is 35.4 Å². The highest BCUT2D eigenvalue weighted by molar-refractivity contribution is 5.78. The molecule has 5 heteroatoms. The second-order valence-electron chi connectivity index (χ2n) is 3.05. The number of carbonyl (C=O) groups is 1. The van der Waals surface area contributed by atoms with Crippen LogP contribution in [0, 0.1) is 11.6 Å². The summed E-state index contributed by atoms with van der Waals surface area (Å²) in [7, 11) is 0. The number of hydrogen-bond donors (Lipinski definition) is 2. The molecule has 0 aliphatic rings. The van der Waals surface area contributed by atoms with Gasteiger partial charge in [-0.25, -0.2) is 8.78 Å². The minimum absolute atomic E-state index is 0.105. The van der Waals surface area contributed by atoms with Gasteiger partial charge in [-0.3, -0.25) is 4.79 Å². The molecule has 0 aliphatic carbocycles. The molecule has 1 amide bonds. The number of benzene rings is 1. The fourth-order valence-corrected chi connectivity index (χ4v) is 1.11. The largest absolute Gasteiger partial charge is 0.355 e. The summed E-state index contributed by atoms with van der Waals surface area (Å²) >= 11 is 0. The van der Waals surface area contributed by atoms with Gasteiger partial charge in [-0.2, -0.15) is 0 Å². The molecule has 15 heavy (non-hydrogen) atoms. The van der Waals surface area contributed by atoms with E-state index >= 15 is 0 Å². The van der Waals surface area contributed by atoms with Crippen LogP contribution in [0.1, 0.15) is 5.56 Å². The lowest BCUT2D eigenvalue weighted by atomic mass is 10.1. The predicted molar refractivity (Wildman–Crippen MR) is 52.1 cm³/mol. The molecule has 0 spiro atoms. The molecule has 0 saturated carbocycles. The molecule has 0 bridgehead atoms. The molecule has 82 valence electrons. The van der Waals surface area contributed by atoms with Gasteiger partial charge >= 0.3 is 0 Å². The molecule has 3 N–H and O–H groups in total. The van der Waals surface area contributed by atoms with Gasteiger partial charge in [-0.15, -0.1) is 0 Å². The molecule has 0 atom stereocenters. The van der Waals surface area contributed by atoms with E-state index in [1.807, 2.05) is 0 Å². The van der Waals surface area contributed by atoms with Crippen molar-refractivity contribution in [3.8, 4) is 0 Å². The minimum Gasteiger partial charge on any atom is -0.355 e. The Morgan fingerprint density at radius 3 is 2.73 bits per heavy atom. The zero-order chi connectivity index (χ0) is 11.3. The zero-order valence-corrected chi connectivity index (χ0v) is 8.09. The lowest BCUT2D eigenvalue weighted by molar-refractivity contribution is -0.120. The lowest BCUT2D eigenvalue weighted by Crippen LogP contribution is -2.30. The summed E-state index contributed by atoms with van der Waals surface area (Å²) in [4.78, 5) is 11.2. The van der Waals surface area contributed by atoms with Gasteiger partial charge in [-0.1, -0.05) is 6.07 Å². The Hall–Kier alpha value is -1.49. The van der Waals surface area contributed by atoms with Crippen LogP contribution in [-0.4, -0.2) is 19.0 Å². The van der Waals surface area contributed by atoms with E-state index in [4.69, 9.17) is 5.73 Å². The summed E-state index contributed by atoms with van der Waals surface area (Å²) in [5.74, 6) is -1.69. The van der Waals surface area contributed by atoms with Crippen molar-refractivity contribution in [1.82, 2.24) is 5.32 Å². The smallest absolute Gasteiger partial charge is 0.224 e. The number of rotatable bonds is 4. The molecule has 3 nitrogen and oxygen atoms in total. The van der Waals surface area contributed by atoms with Crippen LogP contribution in [0.5, 0.6) is 0 Å². The molecule has 1 rings (SSSR count). The van der Waals surface area contributed by atoms with E-state index in [9.17, 15) is 13.6 Å². The Morgan fingerprint density at radius 1 is 1.40 bits per heavy atom. The van der Waals surface area contributed by atoms with Crippen LogP contribution < -0.4 is 11.1 Å². The number of halogens is 2. The van der Waals surface area contributed by atoms with Gasteiger partial charge in [0.1, 0.15) is 11.6 Å². The molecular weight excluding hydrogens is 202 g/mol. The van der Waals surface area contributed by atoms with Crippen molar-refractivity contribution in [1.29, 1.82) is 0 Å². The first-order valence-electron chi connectivity index (χ1n) is 4.54. The van der Waals surface area contributed by atoms with Crippen LogP contribution in [-0.2, 0) is 11.2 Å². The summed E-state index contributed by atoms with van der Waals surface area (Å²) in [5, 5.41) is 2.50. The average Bonchev–Trinajstić information content (AvgIpc) is 2.19. The maximum atomic E-state index is 13.1.